The SMILES string of the molecule is O=C(NC1CCCCC1N1CCCC1)C(c1ccc(C(F)(F)F)cc1)[N+](=O)[O-]. The minimum atomic E-state index is -4.53. The lowest BCUT2D eigenvalue weighted by atomic mass is 9.89. The lowest BCUT2D eigenvalue weighted by Gasteiger charge is -2.38. The number of nitro groups is 1. The molecule has 0 radical (unpaired) electrons. The van der Waals surface area contributed by atoms with Crippen LogP contribution in [0.15, 0.2) is 24.3 Å². The van der Waals surface area contributed by atoms with Gasteiger partial charge >= 0.3 is 12.2 Å². The van der Waals surface area contributed by atoms with Crippen LogP contribution < -0.4 is 5.32 Å². The van der Waals surface area contributed by atoms with Gasteiger partial charge in [0.25, 0.3) is 5.91 Å². The number of carbonyl (C=O) groups is 1. The number of hydrogen-bond acceptors (Lipinski definition) is 4. The number of benzene rings is 1. The standard InChI is InChI=1S/C19H24F3N3O3/c20-19(21,22)14-9-7-13(8-10-14)17(25(27)28)18(26)23-15-5-1-2-6-16(15)24-11-3-4-12-24/h7-10,15-17H,1-6,11-12H2,(H,23,26). The first kappa shape index (κ1) is 20.6. The number of likely N-dealkylation sites (tertiary alicyclic amines) is 1. The molecular formula is C19H24F3N3O3. The molecule has 6 nitrogen and oxygen atoms in total. The zero-order valence-electron chi connectivity index (χ0n) is 15.5. The number of carbonyl (C=O) groups excluding carboxylic acids is 1. The van der Waals surface area contributed by atoms with Gasteiger partial charge in [0.15, 0.2) is 0 Å². The number of rotatable bonds is 5. The highest BCUT2D eigenvalue weighted by Gasteiger charge is 2.38. The second kappa shape index (κ2) is 8.46. The van der Waals surface area contributed by atoms with Gasteiger partial charge in [-0.15, -0.1) is 0 Å². The molecule has 0 spiro atoms. The van der Waals surface area contributed by atoms with E-state index in [1.807, 2.05) is 0 Å². The zero-order chi connectivity index (χ0) is 20.3. The molecule has 28 heavy (non-hydrogen) atoms. The van der Waals surface area contributed by atoms with Gasteiger partial charge in [-0.2, -0.15) is 13.2 Å². The van der Waals surface area contributed by atoms with Crippen LogP contribution in [0.4, 0.5) is 13.2 Å². The summed E-state index contributed by atoms with van der Waals surface area (Å²) in [5.41, 5.74) is -0.954. The third kappa shape index (κ3) is 4.63. The van der Waals surface area contributed by atoms with Crippen molar-refractivity contribution in [1.82, 2.24) is 10.2 Å². The Balaban J connectivity index is 1.74. The lowest BCUT2D eigenvalue weighted by molar-refractivity contribution is -0.513. The number of halogens is 3. The van der Waals surface area contributed by atoms with Gasteiger partial charge in [0.05, 0.1) is 5.56 Å². The Morgan fingerprint density at radius 3 is 2.29 bits per heavy atom. The Hall–Kier alpha value is -2.16. The van der Waals surface area contributed by atoms with Crippen LogP contribution in [-0.2, 0) is 11.0 Å². The van der Waals surface area contributed by atoms with E-state index in [1.54, 1.807) is 0 Å². The molecular weight excluding hydrogens is 375 g/mol. The molecule has 1 aliphatic heterocycles. The lowest BCUT2D eigenvalue weighted by Crippen LogP contribution is -2.53. The van der Waals surface area contributed by atoms with Crippen molar-refractivity contribution >= 4 is 5.91 Å². The van der Waals surface area contributed by atoms with Crippen molar-refractivity contribution in [1.29, 1.82) is 0 Å². The van der Waals surface area contributed by atoms with Gasteiger partial charge in [-0.3, -0.25) is 19.8 Å². The summed E-state index contributed by atoms with van der Waals surface area (Å²) in [5, 5.41) is 14.3. The van der Waals surface area contributed by atoms with Crippen LogP contribution in [0.25, 0.3) is 0 Å². The predicted octanol–water partition coefficient (Wildman–Crippen LogP) is 3.55. The smallest absolute Gasteiger partial charge is 0.346 e. The summed E-state index contributed by atoms with van der Waals surface area (Å²) in [6.07, 6.45) is 1.39. The summed E-state index contributed by atoms with van der Waals surface area (Å²) in [7, 11) is 0. The van der Waals surface area contributed by atoms with Crippen LogP contribution in [0.2, 0.25) is 0 Å². The minimum absolute atomic E-state index is 0.0518. The van der Waals surface area contributed by atoms with Crippen LogP contribution >= 0.6 is 0 Å². The van der Waals surface area contributed by atoms with E-state index in [0.717, 1.165) is 75.9 Å². The van der Waals surface area contributed by atoms with E-state index < -0.39 is 28.6 Å². The van der Waals surface area contributed by atoms with Crippen molar-refractivity contribution in [2.75, 3.05) is 13.1 Å². The Kier molecular flexibility index (Phi) is 6.22. The molecule has 1 amide bonds. The molecule has 3 atom stereocenters. The monoisotopic (exact) mass is 399 g/mol. The normalized spacial score (nSPS) is 24.7. The summed E-state index contributed by atoms with van der Waals surface area (Å²) >= 11 is 0. The van der Waals surface area contributed by atoms with E-state index in [4.69, 9.17) is 0 Å². The molecule has 2 fully saturated rings. The second-order valence-electron chi connectivity index (χ2n) is 7.52. The molecule has 0 aromatic heterocycles. The summed E-state index contributed by atoms with van der Waals surface area (Å²) in [4.78, 5) is 25.8. The largest absolute Gasteiger partial charge is 0.416 e. The van der Waals surface area contributed by atoms with Crippen molar-refractivity contribution < 1.29 is 22.9 Å². The van der Waals surface area contributed by atoms with Crippen LogP contribution in [0.3, 0.4) is 0 Å². The Morgan fingerprint density at radius 1 is 1.11 bits per heavy atom. The maximum absolute atomic E-state index is 12.7. The molecule has 9 heteroatoms. The van der Waals surface area contributed by atoms with E-state index in [1.165, 1.54) is 0 Å². The number of alkyl halides is 3. The molecule has 154 valence electrons. The summed E-state index contributed by atoms with van der Waals surface area (Å²) < 4.78 is 38.2. The van der Waals surface area contributed by atoms with Crippen molar-refractivity contribution in [2.24, 2.45) is 0 Å². The van der Waals surface area contributed by atoms with Crippen molar-refractivity contribution in [3.05, 3.63) is 45.5 Å². The minimum Gasteiger partial charge on any atom is -0.346 e. The van der Waals surface area contributed by atoms with Crippen molar-refractivity contribution in [3.8, 4) is 0 Å². The van der Waals surface area contributed by atoms with Gasteiger partial charge in [-0.1, -0.05) is 25.0 Å². The fourth-order valence-corrected chi connectivity index (χ4v) is 4.27. The van der Waals surface area contributed by atoms with E-state index >= 15 is 0 Å². The van der Waals surface area contributed by atoms with E-state index in [0.29, 0.717) is 0 Å². The third-order valence-electron chi connectivity index (χ3n) is 5.68. The molecule has 3 unspecified atom stereocenters. The van der Waals surface area contributed by atoms with Crippen LogP contribution in [0.1, 0.15) is 55.7 Å². The van der Waals surface area contributed by atoms with E-state index in [2.05, 4.69) is 10.2 Å². The zero-order valence-corrected chi connectivity index (χ0v) is 15.5. The molecule has 3 rings (SSSR count). The van der Waals surface area contributed by atoms with Gasteiger partial charge in [0.1, 0.15) is 0 Å². The first-order chi connectivity index (χ1) is 13.3. The maximum atomic E-state index is 12.7. The summed E-state index contributed by atoms with van der Waals surface area (Å²) in [6, 6.07) is 1.84. The third-order valence-corrected chi connectivity index (χ3v) is 5.68. The molecule has 1 N–H and O–H groups in total. The topological polar surface area (TPSA) is 75.5 Å². The first-order valence-corrected chi connectivity index (χ1v) is 9.62. The van der Waals surface area contributed by atoms with Gasteiger partial charge in [-0.05, 0) is 50.9 Å². The van der Waals surface area contributed by atoms with E-state index in [-0.39, 0.29) is 17.6 Å². The molecule has 1 aromatic carbocycles. The molecule has 1 heterocycles. The first-order valence-electron chi connectivity index (χ1n) is 9.62. The highest BCUT2D eigenvalue weighted by molar-refractivity contribution is 5.82. The van der Waals surface area contributed by atoms with Crippen molar-refractivity contribution in [3.63, 3.8) is 0 Å². The van der Waals surface area contributed by atoms with Crippen LogP contribution in [0.5, 0.6) is 0 Å². The maximum Gasteiger partial charge on any atom is 0.416 e. The second-order valence-corrected chi connectivity index (χ2v) is 7.52. The molecule has 2 aliphatic rings. The predicted molar refractivity (Wildman–Crippen MR) is 96.2 cm³/mol. The number of amides is 1. The summed E-state index contributed by atoms with van der Waals surface area (Å²) in [6.45, 7) is 1.93. The van der Waals surface area contributed by atoms with E-state index in [9.17, 15) is 28.1 Å². The Labute approximate surface area is 161 Å². The quantitative estimate of drug-likeness (QED) is 0.607. The van der Waals surface area contributed by atoms with Gasteiger partial charge in [0, 0.05) is 22.6 Å². The van der Waals surface area contributed by atoms with Gasteiger partial charge in [-0.25, -0.2) is 0 Å². The Bertz CT molecular complexity index is 703. The molecule has 1 aromatic rings. The Morgan fingerprint density at radius 2 is 1.71 bits per heavy atom. The molecule has 1 saturated heterocycles. The average molecular weight is 399 g/mol. The van der Waals surface area contributed by atoms with Gasteiger partial charge < -0.3 is 5.32 Å². The molecule has 1 saturated carbocycles. The van der Waals surface area contributed by atoms with Crippen LogP contribution in [-0.4, -0.2) is 40.9 Å². The fourth-order valence-electron chi connectivity index (χ4n) is 4.27. The average Bonchev–Trinajstić information content (AvgIpc) is 3.16. The highest BCUT2D eigenvalue weighted by atomic mass is 19.4. The summed E-state index contributed by atoms with van der Waals surface area (Å²) in [5.74, 6) is -0.763. The van der Waals surface area contributed by atoms with Crippen molar-refractivity contribution in [2.45, 2.75) is 62.8 Å². The highest BCUT2D eigenvalue weighted by Crippen LogP contribution is 2.31. The van der Waals surface area contributed by atoms with Crippen LogP contribution in [0, 0.1) is 10.1 Å². The fraction of sp³-hybridized carbons (Fsp3) is 0.632. The number of nitrogens with zero attached hydrogens (tertiary/aromatic N) is 2. The molecule has 1 aliphatic carbocycles. The van der Waals surface area contributed by atoms with Gasteiger partial charge in [0.2, 0.25) is 0 Å². The number of nitrogens with one attached hydrogen (secondary N) is 1. The molecule has 0 bridgehead atoms. The number of hydrogen-bond donors (Lipinski definition) is 1.